The Morgan fingerprint density at radius 3 is 2.33 bits per heavy atom. The fourth-order valence-corrected chi connectivity index (χ4v) is 4.03. The molecule has 0 aromatic heterocycles. The van der Waals surface area contributed by atoms with Gasteiger partial charge in [-0.05, 0) is 36.2 Å². The van der Waals surface area contributed by atoms with Crippen LogP contribution in [0.15, 0.2) is 45.3 Å². The highest BCUT2D eigenvalue weighted by atomic mass is 79.9. The highest BCUT2D eigenvalue weighted by Gasteiger charge is 2.20. The van der Waals surface area contributed by atoms with E-state index in [9.17, 15) is 8.78 Å². The lowest BCUT2D eigenvalue weighted by Gasteiger charge is -2.18. The Kier molecular flexibility index (Phi) is 5.80. The zero-order valence-electron chi connectivity index (χ0n) is 10.9. The molecule has 21 heavy (non-hydrogen) atoms. The smallest absolute Gasteiger partial charge is 0.387 e. The van der Waals surface area contributed by atoms with Gasteiger partial charge in [-0.1, -0.05) is 66.0 Å². The molecular formula is C15H11Br3F2O. The van der Waals surface area contributed by atoms with E-state index in [4.69, 9.17) is 0 Å². The molecule has 2 aromatic rings. The first kappa shape index (κ1) is 16.9. The van der Waals surface area contributed by atoms with E-state index in [0.717, 1.165) is 20.1 Å². The first-order valence-electron chi connectivity index (χ1n) is 6.03. The Morgan fingerprint density at radius 2 is 1.67 bits per heavy atom. The number of ether oxygens (including phenoxy) is 1. The molecule has 1 atom stereocenters. The second-order valence-corrected chi connectivity index (χ2v) is 7.03. The summed E-state index contributed by atoms with van der Waals surface area (Å²) in [6.07, 6.45) is 0. The maximum Gasteiger partial charge on any atom is 0.387 e. The second-order valence-electron chi connectivity index (χ2n) is 4.40. The largest absolute Gasteiger partial charge is 0.434 e. The lowest BCUT2D eigenvalue weighted by atomic mass is 10.0. The maximum absolute atomic E-state index is 12.5. The summed E-state index contributed by atoms with van der Waals surface area (Å²) in [5.74, 6) is 0.165. The monoisotopic (exact) mass is 482 g/mol. The predicted molar refractivity (Wildman–Crippen MR) is 90.4 cm³/mol. The molecule has 1 nitrogen and oxygen atoms in total. The average Bonchev–Trinajstić information content (AvgIpc) is 2.42. The standard InChI is InChI=1S/C15H11Br3F2O/c1-8-6-12(17)10(7-11(8)16)14(18)9-4-2-3-5-13(9)21-15(19)20/h2-7,14-15H,1H3. The molecule has 0 bridgehead atoms. The van der Waals surface area contributed by atoms with E-state index in [2.05, 4.69) is 52.5 Å². The summed E-state index contributed by atoms with van der Waals surface area (Å²) in [5, 5.41) is 0. The Labute approximate surface area is 147 Å². The number of rotatable bonds is 4. The number of benzene rings is 2. The third-order valence-corrected chi connectivity index (χ3v) is 5.49. The van der Waals surface area contributed by atoms with Crippen LogP contribution in [0.5, 0.6) is 5.75 Å². The molecule has 1 unspecified atom stereocenters. The molecule has 0 fully saturated rings. The average molecular weight is 485 g/mol. The third kappa shape index (κ3) is 4.05. The minimum Gasteiger partial charge on any atom is -0.434 e. The minimum atomic E-state index is -2.85. The number of hydrogen-bond acceptors (Lipinski definition) is 1. The van der Waals surface area contributed by atoms with Gasteiger partial charge in [0.15, 0.2) is 0 Å². The van der Waals surface area contributed by atoms with Gasteiger partial charge in [-0.25, -0.2) is 0 Å². The first-order valence-corrected chi connectivity index (χ1v) is 8.53. The van der Waals surface area contributed by atoms with Crippen molar-refractivity contribution in [2.24, 2.45) is 0 Å². The molecule has 112 valence electrons. The van der Waals surface area contributed by atoms with Gasteiger partial charge in [0.1, 0.15) is 5.75 Å². The Morgan fingerprint density at radius 1 is 1.00 bits per heavy atom. The van der Waals surface area contributed by atoms with Crippen LogP contribution < -0.4 is 4.74 Å². The maximum atomic E-state index is 12.5. The fourth-order valence-electron chi connectivity index (χ4n) is 1.92. The molecule has 2 aromatic carbocycles. The minimum absolute atomic E-state index is 0.165. The first-order chi connectivity index (χ1) is 9.90. The van der Waals surface area contributed by atoms with Gasteiger partial charge in [0.05, 0.1) is 4.83 Å². The lowest BCUT2D eigenvalue weighted by molar-refractivity contribution is -0.0503. The summed E-state index contributed by atoms with van der Waals surface area (Å²) in [4.78, 5) is -0.265. The Hall–Kier alpha value is -0.460. The van der Waals surface area contributed by atoms with Gasteiger partial charge in [0.2, 0.25) is 0 Å². The summed E-state index contributed by atoms with van der Waals surface area (Å²) in [5.41, 5.74) is 2.66. The molecule has 0 aliphatic carbocycles. The second kappa shape index (κ2) is 7.20. The molecule has 0 heterocycles. The van der Waals surface area contributed by atoms with Crippen LogP contribution in [0.25, 0.3) is 0 Å². The summed E-state index contributed by atoms with van der Waals surface area (Å²) < 4.78 is 31.5. The molecule has 0 saturated heterocycles. The van der Waals surface area contributed by atoms with Crippen LogP contribution >= 0.6 is 47.8 Å². The number of alkyl halides is 3. The molecule has 0 N–H and O–H groups in total. The van der Waals surface area contributed by atoms with Gasteiger partial charge in [-0.15, -0.1) is 0 Å². The Balaban J connectivity index is 2.45. The van der Waals surface area contributed by atoms with Gasteiger partial charge in [0, 0.05) is 14.5 Å². The van der Waals surface area contributed by atoms with Crippen LogP contribution in [0.1, 0.15) is 21.5 Å². The van der Waals surface area contributed by atoms with Crippen LogP contribution in [-0.2, 0) is 0 Å². The van der Waals surface area contributed by atoms with E-state index in [0.29, 0.717) is 5.56 Å². The topological polar surface area (TPSA) is 9.23 Å². The molecular weight excluding hydrogens is 474 g/mol. The molecule has 0 aliphatic heterocycles. The third-order valence-electron chi connectivity index (χ3n) is 2.96. The van der Waals surface area contributed by atoms with Gasteiger partial charge >= 0.3 is 6.61 Å². The van der Waals surface area contributed by atoms with Gasteiger partial charge in [-0.3, -0.25) is 0 Å². The molecule has 2 rings (SSSR count). The van der Waals surface area contributed by atoms with Crippen molar-refractivity contribution in [3.05, 3.63) is 62.0 Å². The van der Waals surface area contributed by atoms with E-state index < -0.39 is 6.61 Å². The van der Waals surface area contributed by atoms with Crippen LogP contribution in [0.4, 0.5) is 8.78 Å². The normalized spacial score (nSPS) is 12.5. The zero-order valence-corrected chi connectivity index (χ0v) is 15.7. The van der Waals surface area contributed by atoms with Crippen molar-refractivity contribution in [3.63, 3.8) is 0 Å². The van der Waals surface area contributed by atoms with Crippen LogP contribution in [0, 0.1) is 6.92 Å². The van der Waals surface area contributed by atoms with Crippen molar-refractivity contribution in [2.45, 2.75) is 18.4 Å². The van der Waals surface area contributed by atoms with Crippen molar-refractivity contribution in [1.82, 2.24) is 0 Å². The molecule has 0 amide bonds. The number of halogens is 5. The summed E-state index contributed by atoms with van der Waals surface area (Å²) in [6.45, 7) is -0.866. The number of aryl methyl sites for hydroxylation is 1. The highest BCUT2D eigenvalue weighted by molar-refractivity contribution is 9.11. The van der Waals surface area contributed by atoms with E-state index in [-0.39, 0.29) is 10.6 Å². The van der Waals surface area contributed by atoms with E-state index in [1.165, 1.54) is 6.07 Å². The van der Waals surface area contributed by atoms with Crippen molar-refractivity contribution >= 4 is 47.8 Å². The molecule has 0 saturated carbocycles. The zero-order chi connectivity index (χ0) is 15.6. The molecule has 0 spiro atoms. The molecule has 0 aliphatic rings. The summed E-state index contributed by atoms with van der Waals surface area (Å²) in [7, 11) is 0. The Bertz CT molecular complexity index is 647. The van der Waals surface area contributed by atoms with Gasteiger partial charge < -0.3 is 4.74 Å². The van der Waals surface area contributed by atoms with Crippen molar-refractivity contribution in [2.75, 3.05) is 0 Å². The van der Waals surface area contributed by atoms with Crippen LogP contribution in [-0.4, -0.2) is 6.61 Å². The van der Waals surface area contributed by atoms with Crippen LogP contribution in [0.3, 0.4) is 0 Å². The van der Waals surface area contributed by atoms with Crippen molar-refractivity contribution in [3.8, 4) is 5.75 Å². The quantitative estimate of drug-likeness (QED) is 0.444. The number of para-hydroxylation sites is 1. The predicted octanol–water partition coefficient (Wildman–Crippen LogP) is 6.61. The SMILES string of the molecule is Cc1cc(Br)c(C(Br)c2ccccc2OC(F)F)cc1Br. The highest BCUT2D eigenvalue weighted by Crippen LogP contribution is 2.41. The molecule has 0 radical (unpaired) electrons. The fraction of sp³-hybridized carbons (Fsp3) is 0.200. The van der Waals surface area contributed by atoms with E-state index >= 15 is 0 Å². The summed E-state index contributed by atoms with van der Waals surface area (Å²) >= 11 is 10.6. The molecule has 6 heteroatoms. The summed E-state index contributed by atoms with van der Waals surface area (Å²) in [6, 6.07) is 10.7. The van der Waals surface area contributed by atoms with E-state index in [1.54, 1.807) is 18.2 Å². The van der Waals surface area contributed by atoms with E-state index in [1.807, 2.05) is 19.1 Å². The van der Waals surface area contributed by atoms with Gasteiger partial charge in [0.25, 0.3) is 0 Å². The number of hydrogen-bond donors (Lipinski definition) is 0. The lowest BCUT2D eigenvalue weighted by Crippen LogP contribution is -2.06. The van der Waals surface area contributed by atoms with Crippen LogP contribution in [0.2, 0.25) is 0 Å². The van der Waals surface area contributed by atoms with Gasteiger partial charge in [-0.2, -0.15) is 8.78 Å². The van der Waals surface area contributed by atoms with Crippen molar-refractivity contribution < 1.29 is 13.5 Å². The van der Waals surface area contributed by atoms with Crippen molar-refractivity contribution in [1.29, 1.82) is 0 Å².